The minimum Gasteiger partial charge on any atom is -0.0794 e. The number of hydrogen-bond donors (Lipinski definition) is 0. The first-order valence-corrected chi connectivity index (χ1v) is 19.8. The third-order valence-electron chi connectivity index (χ3n) is 7.34. The Bertz CT molecular complexity index is 340. The van der Waals surface area contributed by atoms with Crippen molar-refractivity contribution in [3.63, 3.8) is 0 Å². The van der Waals surface area contributed by atoms with Crippen LogP contribution in [0.15, 0.2) is 0 Å². The van der Waals surface area contributed by atoms with Crippen LogP contribution in [0.3, 0.4) is 0 Å². The van der Waals surface area contributed by atoms with Gasteiger partial charge in [-0.2, -0.15) is 0 Å². The number of unbranched alkanes of at least 4 members (excludes halogenated alkanes) is 22. The maximum atomic E-state index is 2.44. The Labute approximate surface area is 235 Å². The summed E-state index contributed by atoms with van der Waals surface area (Å²) in [5.41, 5.74) is 0. The van der Waals surface area contributed by atoms with Gasteiger partial charge in [-0.05, 0) is 22.7 Å². The van der Waals surface area contributed by atoms with Crippen LogP contribution in [0, 0.1) is 0 Å². The Hall–Kier alpha value is 1.05. The molecule has 0 bridgehead atoms. The monoisotopic (exact) mass is 546 g/mol. The standard InChI is InChI=1S/C32H66S3/c1-5-7-9-11-13-15-17-19-21-23-25-27-29-31(3)33-35-34-32(4)30-28-26-24-22-20-18-16-14-12-10-8-6-2/h31-32H,5-30H2,1-4H3. The SMILES string of the molecule is CCCCCCCCCCCCCCC(C)SSSC(C)CCCCCCCCCCCCCC. The molecule has 2 unspecified atom stereocenters. The van der Waals surface area contributed by atoms with E-state index in [-0.39, 0.29) is 0 Å². The predicted octanol–water partition coefficient (Wildman–Crippen LogP) is 14.0. The topological polar surface area (TPSA) is 0 Å². The van der Waals surface area contributed by atoms with Gasteiger partial charge in [-0.3, -0.25) is 0 Å². The van der Waals surface area contributed by atoms with Crippen LogP contribution in [0.4, 0.5) is 0 Å². The van der Waals surface area contributed by atoms with Gasteiger partial charge in [0.15, 0.2) is 0 Å². The lowest BCUT2D eigenvalue weighted by molar-refractivity contribution is 0.539. The van der Waals surface area contributed by atoms with E-state index in [9.17, 15) is 0 Å². The van der Waals surface area contributed by atoms with E-state index in [0.29, 0.717) is 0 Å². The molecular formula is C32H66S3. The molecule has 3 heteroatoms. The van der Waals surface area contributed by atoms with Gasteiger partial charge in [0.1, 0.15) is 0 Å². The minimum absolute atomic E-state index is 0.814. The van der Waals surface area contributed by atoms with E-state index in [1.807, 2.05) is 0 Å². The normalized spacial score (nSPS) is 13.4. The van der Waals surface area contributed by atoms with Gasteiger partial charge in [0.2, 0.25) is 0 Å². The average molecular weight is 547 g/mol. The molecule has 0 aromatic heterocycles. The van der Waals surface area contributed by atoms with E-state index in [2.05, 4.69) is 59.1 Å². The van der Waals surface area contributed by atoms with Gasteiger partial charge in [-0.25, -0.2) is 0 Å². The molecule has 35 heavy (non-hydrogen) atoms. The van der Waals surface area contributed by atoms with Gasteiger partial charge in [-0.15, -0.1) is 0 Å². The van der Waals surface area contributed by atoms with Gasteiger partial charge in [0.05, 0.1) is 0 Å². The smallest absolute Gasteiger partial charge is 0.0131 e. The van der Waals surface area contributed by atoms with Gasteiger partial charge < -0.3 is 0 Å². The Kier molecular flexibility index (Phi) is 32.2. The Morgan fingerprint density at radius 2 is 0.571 bits per heavy atom. The Morgan fingerprint density at radius 1 is 0.343 bits per heavy atom. The van der Waals surface area contributed by atoms with Gasteiger partial charge in [0, 0.05) is 10.5 Å². The van der Waals surface area contributed by atoms with Crippen molar-refractivity contribution < 1.29 is 0 Å². The largest absolute Gasteiger partial charge is 0.0794 e. The summed E-state index contributed by atoms with van der Waals surface area (Å²) in [4.78, 5) is 0. The fraction of sp³-hybridized carbons (Fsp3) is 1.00. The van der Waals surface area contributed by atoms with E-state index in [0.717, 1.165) is 10.5 Å². The van der Waals surface area contributed by atoms with E-state index < -0.39 is 0 Å². The molecule has 0 N–H and O–H groups in total. The lowest BCUT2D eigenvalue weighted by atomic mass is 10.0. The molecule has 0 aliphatic heterocycles. The second-order valence-corrected chi connectivity index (χ2v) is 16.2. The minimum atomic E-state index is 0.814. The van der Waals surface area contributed by atoms with E-state index in [1.54, 1.807) is 0 Å². The first kappa shape index (κ1) is 36.0. The highest BCUT2D eigenvalue weighted by atomic mass is 33.5. The van der Waals surface area contributed by atoms with Crippen molar-refractivity contribution in [2.75, 3.05) is 0 Å². The highest BCUT2D eigenvalue weighted by Gasteiger charge is 2.07. The molecule has 0 aliphatic carbocycles. The first-order valence-electron chi connectivity index (χ1n) is 16.2. The molecule has 0 saturated carbocycles. The Morgan fingerprint density at radius 3 is 0.829 bits per heavy atom. The zero-order valence-corrected chi connectivity index (χ0v) is 27.2. The van der Waals surface area contributed by atoms with Crippen LogP contribution in [0.1, 0.15) is 195 Å². The maximum absolute atomic E-state index is 2.44. The molecule has 2 atom stereocenters. The summed E-state index contributed by atoms with van der Waals surface area (Å²) in [7, 11) is 6.33. The molecule has 0 radical (unpaired) electrons. The molecule has 0 aliphatic rings. The summed E-state index contributed by atoms with van der Waals surface area (Å²) in [5, 5.41) is 1.63. The lowest BCUT2D eigenvalue weighted by Gasteiger charge is -2.13. The molecule has 0 aromatic carbocycles. The van der Waals surface area contributed by atoms with Crippen LogP contribution in [-0.2, 0) is 0 Å². The third kappa shape index (κ3) is 31.2. The lowest BCUT2D eigenvalue weighted by Crippen LogP contribution is -1.95. The van der Waals surface area contributed by atoms with Crippen molar-refractivity contribution >= 4 is 31.4 Å². The fourth-order valence-electron chi connectivity index (χ4n) is 4.80. The first-order chi connectivity index (χ1) is 17.2. The van der Waals surface area contributed by atoms with Crippen LogP contribution in [0.5, 0.6) is 0 Å². The van der Waals surface area contributed by atoms with Crippen molar-refractivity contribution in [2.24, 2.45) is 0 Å². The summed E-state index contributed by atoms with van der Waals surface area (Å²) >= 11 is 0. The molecule has 212 valence electrons. The van der Waals surface area contributed by atoms with Crippen molar-refractivity contribution in [1.82, 2.24) is 0 Å². The fourth-order valence-corrected chi connectivity index (χ4v) is 9.98. The highest BCUT2D eigenvalue weighted by Crippen LogP contribution is 2.42. The summed E-state index contributed by atoms with van der Waals surface area (Å²) < 4.78 is 0. The van der Waals surface area contributed by atoms with Crippen LogP contribution in [-0.4, -0.2) is 10.5 Å². The van der Waals surface area contributed by atoms with E-state index in [1.165, 1.54) is 167 Å². The molecule has 0 heterocycles. The maximum Gasteiger partial charge on any atom is 0.0131 e. The molecule has 0 spiro atoms. The van der Waals surface area contributed by atoms with Crippen LogP contribution in [0.2, 0.25) is 0 Å². The van der Waals surface area contributed by atoms with E-state index >= 15 is 0 Å². The molecule has 0 saturated heterocycles. The average Bonchev–Trinajstić information content (AvgIpc) is 2.85. The predicted molar refractivity (Wildman–Crippen MR) is 173 cm³/mol. The van der Waals surface area contributed by atoms with Crippen LogP contribution < -0.4 is 0 Å². The zero-order valence-electron chi connectivity index (χ0n) is 24.8. The van der Waals surface area contributed by atoms with Crippen molar-refractivity contribution in [1.29, 1.82) is 0 Å². The third-order valence-corrected chi connectivity index (χ3v) is 12.5. The van der Waals surface area contributed by atoms with Crippen molar-refractivity contribution in [3.8, 4) is 0 Å². The quantitative estimate of drug-likeness (QED) is 0.0649. The zero-order chi connectivity index (χ0) is 25.7. The second-order valence-electron chi connectivity index (χ2n) is 11.2. The summed E-state index contributed by atoms with van der Waals surface area (Å²) in [5.74, 6) is 0. The van der Waals surface area contributed by atoms with E-state index in [4.69, 9.17) is 0 Å². The Balaban J connectivity index is 3.27. The summed E-state index contributed by atoms with van der Waals surface area (Å²) in [6, 6.07) is 0. The van der Waals surface area contributed by atoms with Gasteiger partial charge >= 0.3 is 0 Å². The van der Waals surface area contributed by atoms with Crippen molar-refractivity contribution in [2.45, 2.75) is 205 Å². The molecule has 0 nitrogen and oxygen atoms in total. The highest BCUT2D eigenvalue weighted by molar-refractivity contribution is 9.09. The molecular weight excluding hydrogens is 481 g/mol. The summed E-state index contributed by atoms with van der Waals surface area (Å²) in [6.45, 7) is 9.48. The molecule has 0 amide bonds. The van der Waals surface area contributed by atoms with Crippen molar-refractivity contribution in [3.05, 3.63) is 0 Å². The molecule has 0 fully saturated rings. The summed E-state index contributed by atoms with van der Waals surface area (Å²) in [6.07, 6.45) is 37.7. The molecule has 0 rings (SSSR count). The van der Waals surface area contributed by atoms with Gasteiger partial charge in [-0.1, -0.05) is 203 Å². The second kappa shape index (κ2) is 31.3. The number of rotatable bonds is 30. The van der Waals surface area contributed by atoms with Crippen LogP contribution >= 0.6 is 31.4 Å². The van der Waals surface area contributed by atoms with Crippen LogP contribution in [0.25, 0.3) is 0 Å². The number of hydrogen-bond acceptors (Lipinski definition) is 3. The van der Waals surface area contributed by atoms with Gasteiger partial charge in [0.25, 0.3) is 0 Å². The molecule has 0 aromatic rings.